The number of hydrogen-bond acceptors (Lipinski definition) is 6. The van der Waals surface area contributed by atoms with Crippen LogP contribution in [-0.2, 0) is 28.7 Å². The summed E-state index contributed by atoms with van der Waals surface area (Å²) in [5, 5.41) is 9.15. The topological polar surface area (TPSA) is 143 Å². The van der Waals surface area contributed by atoms with Crippen LogP contribution in [0.15, 0.2) is 24.3 Å². The lowest BCUT2D eigenvalue weighted by atomic mass is 9.87. The van der Waals surface area contributed by atoms with Crippen LogP contribution in [0.4, 0.5) is 23.2 Å². The highest BCUT2D eigenvalue weighted by atomic mass is 19.4. The molecule has 1 saturated heterocycles. The number of para-hydroxylation sites is 1. The monoisotopic (exact) mass is 546 g/mol. The van der Waals surface area contributed by atoms with Crippen LogP contribution in [0.25, 0.3) is 0 Å². The molecule has 3 atom stereocenters. The first-order valence-corrected chi connectivity index (χ1v) is 11.7. The Morgan fingerprint density at radius 2 is 1.71 bits per heavy atom. The van der Waals surface area contributed by atoms with Crippen molar-refractivity contribution in [2.24, 2.45) is 11.3 Å². The van der Waals surface area contributed by atoms with Crippen LogP contribution in [0.5, 0.6) is 0 Å². The Bertz CT molecular complexity index is 1060. The van der Waals surface area contributed by atoms with E-state index in [2.05, 4.69) is 26.0 Å². The number of amides is 4. The van der Waals surface area contributed by atoms with E-state index in [1.54, 1.807) is 20.8 Å². The van der Waals surface area contributed by atoms with Gasteiger partial charge in [-0.05, 0) is 36.8 Å². The molecule has 0 saturated carbocycles. The summed E-state index contributed by atoms with van der Waals surface area (Å²) in [6.45, 7) is 4.08. The fourth-order valence-corrected chi connectivity index (χ4v) is 3.74. The number of alkyl halides is 3. The highest BCUT2D eigenvalue weighted by Crippen LogP contribution is 2.23. The average Bonchev–Trinajstić information content (AvgIpc) is 3.20. The van der Waals surface area contributed by atoms with Crippen molar-refractivity contribution in [2.75, 3.05) is 18.5 Å². The van der Waals surface area contributed by atoms with Crippen LogP contribution < -0.4 is 21.3 Å². The molecule has 0 spiro atoms. The molecule has 1 aliphatic heterocycles. The minimum Gasteiger partial charge on any atom is -0.356 e. The van der Waals surface area contributed by atoms with Crippen molar-refractivity contribution in [3.8, 4) is 0 Å². The van der Waals surface area contributed by atoms with Gasteiger partial charge in [0.2, 0.25) is 11.8 Å². The fourth-order valence-electron chi connectivity index (χ4n) is 3.74. The molecule has 0 aromatic heterocycles. The highest BCUT2D eigenvalue weighted by Gasteiger charge is 2.37. The fraction of sp³-hybridized carbons (Fsp3) is 0.542. The molecule has 1 heterocycles. The zero-order valence-corrected chi connectivity index (χ0v) is 21.0. The molecule has 1 aromatic carbocycles. The lowest BCUT2D eigenvalue weighted by molar-refractivity contribution is -0.321. The van der Waals surface area contributed by atoms with Crippen molar-refractivity contribution in [2.45, 2.75) is 58.5 Å². The number of benzene rings is 1. The smallest absolute Gasteiger partial charge is 0.356 e. The molecular weight excluding hydrogens is 516 g/mol. The van der Waals surface area contributed by atoms with Crippen molar-refractivity contribution < 1.29 is 46.3 Å². The van der Waals surface area contributed by atoms with Gasteiger partial charge < -0.3 is 21.3 Å². The molecule has 0 bridgehead atoms. The molecule has 10 nitrogen and oxygen atoms in total. The quantitative estimate of drug-likeness (QED) is 0.260. The van der Waals surface area contributed by atoms with Gasteiger partial charge in [-0.1, -0.05) is 32.9 Å². The van der Waals surface area contributed by atoms with Crippen molar-refractivity contribution in [3.05, 3.63) is 30.1 Å². The van der Waals surface area contributed by atoms with Crippen molar-refractivity contribution in [1.82, 2.24) is 16.0 Å². The minimum atomic E-state index is -5.09. The minimum absolute atomic E-state index is 0.0403. The summed E-state index contributed by atoms with van der Waals surface area (Å²) < 4.78 is 54.9. The first-order chi connectivity index (χ1) is 17.6. The molecule has 4 N–H and O–H groups in total. The summed E-state index contributed by atoms with van der Waals surface area (Å²) in [6.07, 6.45) is -5.12. The number of rotatable bonds is 10. The third-order valence-corrected chi connectivity index (χ3v) is 5.53. The number of ketones is 1. The van der Waals surface area contributed by atoms with Gasteiger partial charge in [0.05, 0.1) is 11.7 Å². The average molecular weight is 547 g/mol. The van der Waals surface area contributed by atoms with Gasteiger partial charge >= 0.3 is 18.2 Å². The number of Topliss-reactive ketones (excluding diaryl/α,β-unsaturated/α-hetero) is 1. The van der Waals surface area contributed by atoms with Gasteiger partial charge in [-0.3, -0.25) is 28.7 Å². The number of carbonyl (C=O) groups excluding carboxylic acids is 5. The first-order valence-electron chi connectivity index (χ1n) is 11.7. The number of anilines is 1. The molecule has 210 valence electrons. The van der Waals surface area contributed by atoms with Crippen LogP contribution in [0.3, 0.4) is 0 Å². The van der Waals surface area contributed by atoms with Crippen LogP contribution in [0.2, 0.25) is 0 Å². The number of nitrogens with one attached hydrogen (secondary N) is 4. The summed E-state index contributed by atoms with van der Waals surface area (Å²) in [7, 11) is 0. The molecule has 1 aromatic rings. The number of halogens is 4. The van der Waals surface area contributed by atoms with E-state index in [-0.39, 0.29) is 18.5 Å². The summed E-state index contributed by atoms with van der Waals surface area (Å²) in [4.78, 5) is 62.5. The first kappa shape index (κ1) is 30.7. The molecule has 4 amide bonds. The van der Waals surface area contributed by atoms with Gasteiger partial charge in [-0.25, -0.2) is 4.39 Å². The second-order valence-electron chi connectivity index (χ2n) is 10.00. The molecular formula is C24H30F4N4O6. The zero-order valence-electron chi connectivity index (χ0n) is 21.0. The Balaban J connectivity index is 2.18. The second-order valence-corrected chi connectivity index (χ2v) is 10.00. The lowest BCUT2D eigenvalue weighted by Crippen LogP contribution is -2.55. The van der Waals surface area contributed by atoms with E-state index < -0.39 is 71.6 Å². The van der Waals surface area contributed by atoms with Crippen LogP contribution in [0, 0.1) is 17.2 Å². The zero-order chi connectivity index (χ0) is 28.7. The second kappa shape index (κ2) is 12.8. The van der Waals surface area contributed by atoms with Gasteiger partial charge in [0.25, 0.3) is 0 Å². The summed E-state index contributed by atoms with van der Waals surface area (Å²) >= 11 is 0. The lowest BCUT2D eigenvalue weighted by Gasteiger charge is -2.28. The van der Waals surface area contributed by atoms with Crippen molar-refractivity contribution in [3.63, 3.8) is 0 Å². The molecule has 14 heteroatoms. The Morgan fingerprint density at radius 1 is 1.05 bits per heavy atom. The molecule has 1 aliphatic rings. The normalized spacial score (nSPS) is 17.2. The highest BCUT2D eigenvalue weighted by molar-refractivity contribution is 6.40. The SMILES string of the molecule is CC(C)(C)CC(NC(=O)C(=O)Nc1ccccc1F)C(=O)NC(C[C@@H]1CCNC1=O)C(=O)COC(F)(F)F. The molecule has 0 aliphatic carbocycles. The van der Waals surface area contributed by atoms with Gasteiger partial charge in [0, 0.05) is 12.5 Å². The predicted molar refractivity (Wildman–Crippen MR) is 126 cm³/mol. The molecule has 2 unspecified atom stereocenters. The summed E-state index contributed by atoms with van der Waals surface area (Å²) in [6, 6.07) is 2.15. The van der Waals surface area contributed by atoms with E-state index >= 15 is 0 Å². The van der Waals surface area contributed by atoms with Crippen molar-refractivity contribution in [1.29, 1.82) is 0 Å². The van der Waals surface area contributed by atoms with Gasteiger partial charge in [0.1, 0.15) is 18.5 Å². The van der Waals surface area contributed by atoms with Crippen LogP contribution >= 0.6 is 0 Å². The molecule has 0 radical (unpaired) electrons. The maximum atomic E-state index is 13.8. The Morgan fingerprint density at radius 3 is 2.26 bits per heavy atom. The predicted octanol–water partition coefficient (Wildman–Crippen LogP) is 1.80. The van der Waals surface area contributed by atoms with E-state index in [4.69, 9.17) is 0 Å². The van der Waals surface area contributed by atoms with Crippen molar-refractivity contribution >= 4 is 35.1 Å². The van der Waals surface area contributed by atoms with Gasteiger partial charge in [0.15, 0.2) is 5.78 Å². The maximum Gasteiger partial charge on any atom is 0.522 e. The van der Waals surface area contributed by atoms with E-state index in [1.807, 2.05) is 0 Å². The molecule has 2 rings (SSSR count). The largest absolute Gasteiger partial charge is 0.522 e. The van der Waals surface area contributed by atoms with Gasteiger partial charge in [-0.2, -0.15) is 0 Å². The van der Waals surface area contributed by atoms with E-state index in [9.17, 15) is 41.5 Å². The Hall–Kier alpha value is -3.55. The third kappa shape index (κ3) is 10.1. The maximum absolute atomic E-state index is 13.8. The summed E-state index contributed by atoms with van der Waals surface area (Å²) in [5.41, 5.74) is -0.865. The van der Waals surface area contributed by atoms with Gasteiger partial charge in [-0.15, -0.1) is 13.2 Å². The van der Waals surface area contributed by atoms with Crippen LogP contribution in [0.1, 0.15) is 40.0 Å². The Kier molecular flexibility index (Phi) is 10.3. The summed E-state index contributed by atoms with van der Waals surface area (Å²) in [5.74, 6) is -6.59. The standard InChI is InChI=1S/C24H30F4N4O6/c1-23(2,3)11-17(32-22(37)21(36)30-15-7-5-4-6-14(15)25)20(35)31-16(10-13-8-9-29-19(13)34)18(33)12-38-24(26,27)28/h4-7,13,16-17H,8-12H2,1-3H3,(H,29,34)(H,30,36)(H,31,35)(H,32,37)/t13-,16?,17?/m0/s1. The third-order valence-electron chi connectivity index (χ3n) is 5.53. The van der Waals surface area contributed by atoms with E-state index in [0.717, 1.165) is 6.07 Å². The van der Waals surface area contributed by atoms with E-state index in [1.165, 1.54) is 18.2 Å². The van der Waals surface area contributed by atoms with E-state index in [0.29, 0.717) is 13.0 Å². The Labute approximate surface area is 216 Å². The molecule has 1 fully saturated rings. The number of hydrogen-bond donors (Lipinski definition) is 4. The number of carbonyl (C=O) groups is 5. The van der Waals surface area contributed by atoms with Crippen LogP contribution in [-0.4, -0.2) is 61.0 Å². The molecule has 38 heavy (non-hydrogen) atoms. The number of ether oxygens (including phenoxy) is 1.